The zero-order valence-electron chi connectivity index (χ0n) is 13.8. The molecule has 0 aromatic heterocycles. The Morgan fingerprint density at radius 1 is 1.35 bits per heavy atom. The molecule has 1 unspecified atom stereocenters. The number of fused-ring (bicyclic) bond motifs is 1. The lowest BCUT2D eigenvalue weighted by atomic mass is 9.99. The number of ether oxygens (including phenoxy) is 2. The summed E-state index contributed by atoms with van der Waals surface area (Å²) in [5.74, 6) is 0. The first-order chi connectivity index (χ1) is 11.1. The van der Waals surface area contributed by atoms with Crippen molar-refractivity contribution in [2.75, 3.05) is 26.4 Å². The van der Waals surface area contributed by atoms with Crippen LogP contribution in [0.15, 0.2) is 24.3 Å². The molecule has 2 amide bonds. The van der Waals surface area contributed by atoms with E-state index in [1.54, 1.807) is 0 Å². The molecule has 1 aromatic carbocycles. The van der Waals surface area contributed by atoms with Crippen molar-refractivity contribution in [2.45, 2.75) is 44.2 Å². The van der Waals surface area contributed by atoms with Crippen LogP contribution in [-0.4, -0.2) is 44.0 Å². The summed E-state index contributed by atoms with van der Waals surface area (Å²) in [6.45, 7) is 4.60. The van der Waals surface area contributed by atoms with Crippen molar-refractivity contribution in [1.29, 1.82) is 0 Å². The maximum Gasteiger partial charge on any atom is 0.315 e. The third kappa shape index (κ3) is 4.45. The summed E-state index contributed by atoms with van der Waals surface area (Å²) >= 11 is 0. The van der Waals surface area contributed by atoms with Gasteiger partial charge in [0.15, 0.2) is 0 Å². The highest BCUT2D eigenvalue weighted by molar-refractivity contribution is 5.75. The lowest BCUT2D eigenvalue weighted by Crippen LogP contribution is -2.51. The Morgan fingerprint density at radius 2 is 2.09 bits per heavy atom. The fraction of sp³-hybridized carbons (Fsp3) is 0.611. The number of carbonyl (C=O) groups is 1. The number of hydrogen-bond acceptors (Lipinski definition) is 3. The molecule has 1 saturated heterocycles. The van der Waals surface area contributed by atoms with Crippen molar-refractivity contribution in [3.8, 4) is 0 Å². The standard InChI is InChI=1S/C18H26N2O3/c1-18(11-14-5-2-3-6-15(14)12-18)20-17(21)19-8-10-22-13-16-7-4-9-23-16/h2-3,5-6,16H,4,7-13H2,1H3,(H2,19,20,21). The van der Waals surface area contributed by atoms with Crippen LogP contribution >= 0.6 is 0 Å². The number of hydrogen-bond donors (Lipinski definition) is 2. The molecule has 1 aromatic rings. The Hall–Kier alpha value is -1.59. The number of benzene rings is 1. The summed E-state index contributed by atoms with van der Waals surface area (Å²) < 4.78 is 11.0. The van der Waals surface area contributed by atoms with E-state index in [9.17, 15) is 4.79 Å². The largest absolute Gasteiger partial charge is 0.377 e. The Bertz CT molecular complexity index is 516. The van der Waals surface area contributed by atoms with Gasteiger partial charge in [-0.2, -0.15) is 0 Å². The van der Waals surface area contributed by atoms with Crippen LogP contribution in [-0.2, 0) is 22.3 Å². The predicted molar refractivity (Wildman–Crippen MR) is 88.6 cm³/mol. The maximum absolute atomic E-state index is 12.1. The molecule has 1 heterocycles. The fourth-order valence-corrected chi connectivity index (χ4v) is 3.44. The Kier molecular flexibility index (Phi) is 5.18. The van der Waals surface area contributed by atoms with Gasteiger partial charge in [-0.1, -0.05) is 24.3 Å². The molecule has 0 radical (unpaired) electrons. The molecule has 126 valence electrons. The minimum atomic E-state index is -0.202. The lowest BCUT2D eigenvalue weighted by molar-refractivity contribution is 0.0188. The summed E-state index contributed by atoms with van der Waals surface area (Å²) in [7, 11) is 0. The Morgan fingerprint density at radius 3 is 2.74 bits per heavy atom. The maximum atomic E-state index is 12.1. The van der Waals surface area contributed by atoms with Gasteiger partial charge in [0.05, 0.1) is 19.3 Å². The van der Waals surface area contributed by atoms with E-state index < -0.39 is 0 Å². The molecular formula is C18H26N2O3. The molecule has 0 spiro atoms. The normalized spacial score (nSPS) is 21.9. The number of rotatable bonds is 6. The summed E-state index contributed by atoms with van der Waals surface area (Å²) in [4.78, 5) is 12.1. The molecule has 3 rings (SSSR count). The summed E-state index contributed by atoms with van der Waals surface area (Å²) in [6.07, 6.45) is 4.19. The summed E-state index contributed by atoms with van der Waals surface area (Å²) in [5, 5.41) is 5.97. The van der Waals surface area contributed by atoms with Gasteiger partial charge in [-0.15, -0.1) is 0 Å². The molecule has 1 fully saturated rings. The van der Waals surface area contributed by atoms with Gasteiger partial charge < -0.3 is 20.1 Å². The smallest absolute Gasteiger partial charge is 0.315 e. The van der Waals surface area contributed by atoms with Crippen LogP contribution in [0.1, 0.15) is 30.9 Å². The van der Waals surface area contributed by atoms with Crippen LogP contribution in [0.2, 0.25) is 0 Å². The van der Waals surface area contributed by atoms with Crippen LogP contribution < -0.4 is 10.6 Å². The van der Waals surface area contributed by atoms with Crippen LogP contribution in [0.4, 0.5) is 4.79 Å². The van der Waals surface area contributed by atoms with Crippen LogP contribution in [0.25, 0.3) is 0 Å². The highest BCUT2D eigenvalue weighted by atomic mass is 16.5. The fourth-order valence-electron chi connectivity index (χ4n) is 3.44. The molecule has 1 atom stereocenters. The predicted octanol–water partition coefficient (Wildman–Crippen LogP) is 2.04. The first-order valence-corrected chi connectivity index (χ1v) is 8.47. The van der Waals surface area contributed by atoms with Gasteiger partial charge in [-0.3, -0.25) is 0 Å². The minimum absolute atomic E-state index is 0.124. The first kappa shape index (κ1) is 16.3. The van der Waals surface area contributed by atoms with Crippen LogP contribution in [0.5, 0.6) is 0 Å². The molecule has 1 aliphatic carbocycles. The Labute approximate surface area is 137 Å². The molecule has 5 heteroatoms. The second-order valence-electron chi connectivity index (χ2n) is 6.77. The number of nitrogens with one attached hydrogen (secondary N) is 2. The van der Waals surface area contributed by atoms with Crippen LogP contribution in [0, 0.1) is 0 Å². The number of amides is 2. The number of carbonyl (C=O) groups excluding carboxylic acids is 1. The third-order valence-electron chi connectivity index (χ3n) is 4.55. The van der Waals surface area contributed by atoms with E-state index >= 15 is 0 Å². The second kappa shape index (κ2) is 7.32. The SMILES string of the molecule is CC1(NC(=O)NCCOCC2CCCO2)Cc2ccccc2C1. The van der Waals surface area contributed by atoms with Crippen molar-refractivity contribution in [3.63, 3.8) is 0 Å². The van der Waals surface area contributed by atoms with Crippen LogP contribution in [0.3, 0.4) is 0 Å². The average molecular weight is 318 g/mol. The molecule has 0 bridgehead atoms. The average Bonchev–Trinajstić information content (AvgIpc) is 3.12. The molecule has 2 aliphatic rings. The Balaban J connectivity index is 1.33. The van der Waals surface area contributed by atoms with Crippen molar-refractivity contribution in [2.24, 2.45) is 0 Å². The van der Waals surface area contributed by atoms with Gasteiger partial charge in [-0.05, 0) is 43.7 Å². The van der Waals surface area contributed by atoms with Gasteiger partial charge in [0.2, 0.25) is 0 Å². The summed E-state index contributed by atoms with van der Waals surface area (Å²) in [6, 6.07) is 8.26. The highest BCUT2D eigenvalue weighted by Gasteiger charge is 2.33. The van der Waals surface area contributed by atoms with Gasteiger partial charge in [-0.25, -0.2) is 4.79 Å². The molecule has 0 saturated carbocycles. The topological polar surface area (TPSA) is 59.6 Å². The molecule has 1 aliphatic heterocycles. The molecule has 2 N–H and O–H groups in total. The lowest BCUT2D eigenvalue weighted by Gasteiger charge is -2.25. The molecule has 23 heavy (non-hydrogen) atoms. The van der Waals surface area contributed by atoms with Gasteiger partial charge >= 0.3 is 6.03 Å². The van der Waals surface area contributed by atoms with Crippen molar-refractivity contribution < 1.29 is 14.3 Å². The van der Waals surface area contributed by atoms with E-state index in [2.05, 4.69) is 41.8 Å². The van der Waals surface area contributed by atoms with Gasteiger partial charge in [0.25, 0.3) is 0 Å². The number of urea groups is 1. The highest BCUT2D eigenvalue weighted by Crippen LogP contribution is 2.29. The third-order valence-corrected chi connectivity index (χ3v) is 4.55. The van der Waals surface area contributed by atoms with Gasteiger partial charge in [0.1, 0.15) is 0 Å². The molecular weight excluding hydrogens is 292 g/mol. The zero-order valence-corrected chi connectivity index (χ0v) is 13.8. The van der Waals surface area contributed by atoms with Gasteiger partial charge in [0, 0.05) is 18.7 Å². The quantitative estimate of drug-likeness (QED) is 0.789. The van der Waals surface area contributed by atoms with E-state index in [4.69, 9.17) is 9.47 Å². The van der Waals surface area contributed by atoms with E-state index in [0.717, 1.165) is 32.3 Å². The van der Waals surface area contributed by atoms with Crippen molar-refractivity contribution in [3.05, 3.63) is 35.4 Å². The minimum Gasteiger partial charge on any atom is -0.377 e. The zero-order chi connectivity index (χ0) is 16.1. The molecule has 5 nitrogen and oxygen atoms in total. The van der Waals surface area contributed by atoms with E-state index in [1.165, 1.54) is 11.1 Å². The first-order valence-electron chi connectivity index (χ1n) is 8.47. The second-order valence-corrected chi connectivity index (χ2v) is 6.77. The van der Waals surface area contributed by atoms with Crippen molar-refractivity contribution in [1.82, 2.24) is 10.6 Å². The van der Waals surface area contributed by atoms with E-state index in [-0.39, 0.29) is 17.7 Å². The summed E-state index contributed by atoms with van der Waals surface area (Å²) in [5.41, 5.74) is 2.46. The van der Waals surface area contributed by atoms with E-state index in [1.807, 2.05) is 0 Å². The monoisotopic (exact) mass is 318 g/mol. The van der Waals surface area contributed by atoms with E-state index in [0.29, 0.717) is 19.8 Å². The van der Waals surface area contributed by atoms with Crippen molar-refractivity contribution >= 4 is 6.03 Å².